The minimum absolute atomic E-state index is 0.308. The van der Waals surface area contributed by atoms with Gasteiger partial charge in [-0.1, -0.05) is 67.2 Å². The highest BCUT2D eigenvalue weighted by molar-refractivity contribution is 5.77. The molecule has 0 radical (unpaired) electrons. The molecule has 0 aromatic carbocycles. The second-order valence-corrected chi connectivity index (χ2v) is 12.9. The second-order valence-electron chi connectivity index (χ2n) is 12.9. The summed E-state index contributed by atoms with van der Waals surface area (Å²) < 4.78 is 0. The van der Waals surface area contributed by atoms with Crippen molar-refractivity contribution >= 4 is 5.91 Å². The molecule has 4 rings (SSSR count). The van der Waals surface area contributed by atoms with Crippen LogP contribution >= 0.6 is 0 Å². The lowest BCUT2D eigenvalue weighted by atomic mass is 9.44. The van der Waals surface area contributed by atoms with Crippen LogP contribution in [0.1, 0.15) is 112 Å². The molecule has 3 saturated carbocycles. The van der Waals surface area contributed by atoms with Gasteiger partial charge in [0.15, 0.2) is 0 Å². The predicted molar refractivity (Wildman–Crippen MR) is 126 cm³/mol. The van der Waals surface area contributed by atoms with E-state index in [0.29, 0.717) is 22.8 Å². The first-order valence-electron chi connectivity index (χ1n) is 13.5. The molecular formula is C28H49NO. The second kappa shape index (κ2) is 8.43. The van der Waals surface area contributed by atoms with Gasteiger partial charge in [-0.25, -0.2) is 0 Å². The number of piperidine rings is 1. The number of hydrogen-bond acceptors (Lipinski definition) is 1. The SMILES string of the molecule is CCC1CC2NC(=O)CC[C@]2(C)[C@H]2CC[C@]3(C)[C@@H]([C@H](C)CCCC(C)C)CC[C@H]3[C@H]12. The normalized spacial score (nSPS) is 46.7. The molecule has 30 heavy (non-hydrogen) atoms. The van der Waals surface area contributed by atoms with E-state index in [0.717, 1.165) is 54.3 Å². The maximum absolute atomic E-state index is 12.2. The highest BCUT2D eigenvalue weighted by Crippen LogP contribution is 2.68. The van der Waals surface area contributed by atoms with Crippen molar-refractivity contribution in [3.05, 3.63) is 0 Å². The third-order valence-electron chi connectivity index (χ3n) is 11.0. The number of amides is 1. The fourth-order valence-electron chi connectivity index (χ4n) is 9.31. The first kappa shape index (κ1) is 22.7. The van der Waals surface area contributed by atoms with E-state index in [1.54, 1.807) is 0 Å². The zero-order valence-corrected chi connectivity index (χ0v) is 20.8. The van der Waals surface area contributed by atoms with Crippen molar-refractivity contribution < 1.29 is 4.79 Å². The van der Waals surface area contributed by atoms with E-state index in [9.17, 15) is 4.79 Å². The average molecular weight is 416 g/mol. The maximum atomic E-state index is 12.2. The van der Waals surface area contributed by atoms with Gasteiger partial charge in [0.25, 0.3) is 0 Å². The highest BCUT2D eigenvalue weighted by atomic mass is 16.1. The fraction of sp³-hybridized carbons (Fsp3) is 0.964. The van der Waals surface area contributed by atoms with Gasteiger partial charge in [0.1, 0.15) is 0 Å². The lowest BCUT2D eigenvalue weighted by Crippen LogP contribution is -2.63. The molecule has 1 saturated heterocycles. The van der Waals surface area contributed by atoms with Gasteiger partial charge in [0.05, 0.1) is 0 Å². The number of rotatable bonds is 6. The minimum Gasteiger partial charge on any atom is -0.353 e. The molecular weight excluding hydrogens is 366 g/mol. The highest BCUT2D eigenvalue weighted by Gasteiger charge is 2.62. The van der Waals surface area contributed by atoms with E-state index in [4.69, 9.17) is 0 Å². The Balaban J connectivity index is 1.54. The molecule has 3 aliphatic carbocycles. The predicted octanol–water partition coefficient (Wildman–Crippen LogP) is 7.22. The molecule has 0 bridgehead atoms. The zero-order chi connectivity index (χ0) is 21.7. The van der Waals surface area contributed by atoms with Crippen LogP contribution in [0.3, 0.4) is 0 Å². The molecule has 1 N–H and O–H groups in total. The summed E-state index contributed by atoms with van der Waals surface area (Å²) >= 11 is 0. The molecule has 0 aromatic rings. The van der Waals surface area contributed by atoms with Gasteiger partial charge in [-0.05, 0) is 90.8 Å². The van der Waals surface area contributed by atoms with Gasteiger partial charge in [-0.15, -0.1) is 0 Å². The van der Waals surface area contributed by atoms with Gasteiger partial charge >= 0.3 is 0 Å². The first-order chi connectivity index (χ1) is 14.2. The van der Waals surface area contributed by atoms with Crippen LogP contribution in [0.4, 0.5) is 0 Å². The lowest BCUT2D eigenvalue weighted by molar-refractivity contribution is -0.146. The number of carbonyl (C=O) groups excluding carboxylic acids is 1. The molecule has 1 amide bonds. The Bertz CT molecular complexity index is 628. The Morgan fingerprint density at radius 3 is 2.43 bits per heavy atom. The maximum Gasteiger partial charge on any atom is 0.220 e. The van der Waals surface area contributed by atoms with Crippen molar-refractivity contribution in [3.63, 3.8) is 0 Å². The largest absolute Gasteiger partial charge is 0.353 e. The van der Waals surface area contributed by atoms with E-state index in [2.05, 4.69) is 46.9 Å². The van der Waals surface area contributed by atoms with Crippen LogP contribution in [-0.4, -0.2) is 11.9 Å². The van der Waals surface area contributed by atoms with Crippen LogP contribution < -0.4 is 5.32 Å². The van der Waals surface area contributed by atoms with Crippen molar-refractivity contribution in [1.29, 1.82) is 0 Å². The lowest BCUT2D eigenvalue weighted by Gasteiger charge is -2.63. The fourth-order valence-corrected chi connectivity index (χ4v) is 9.31. The zero-order valence-electron chi connectivity index (χ0n) is 20.8. The Morgan fingerprint density at radius 1 is 1.00 bits per heavy atom. The van der Waals surface area contributed by atoms with Gasteiger partial charge < -0.3 is 5.32 Å². The van der Waals surface area contributed by atoms with Gasteiger partial charge in [0.2, 0.25) is 5.91 Å². The molecule has 4 aliphatic rings. The Hall–Kier alpha value is -0.530. The van der Waals surface area contributed by atoms with Crippen LogP contribution in [0, 0.1) is 52.3 Å². The third-order valence-corrected chi connectivity index (χ3v) is 11.0. The molecule has 0 aromatic heterocycles. The Kier molecular flexibility index (Phi) is 6.37. The molecule has 2 heteroatoms. The monoisotopic (exact) mass is 415 g/mol. The van der Waals surface area contributed by atoms with Crippen LogP contribution in [0.2, 0.25) is 0 Å². The summed E-state index contributed by atoms with van der Waals surface area (Å²) in [6.07, 6.45) is 14.4. The average Bonchev–Trinajstić information content (AvgIpc) is 3.05. The Labute approximate surface area is 186 Å². The van der Waals surface area contributed by atoms with Crippen molar-refractivity contribution in [3.8, 4) is 0 Å². The van der Waals surface area contributed by atoms with Gasteiger partial charge in [0, 0.05) is 12.5 Å². The number of fused-ring (bicyclic) bond motifs is 5. The van der Waals surface area contributed by atoms with Crippen molar-refractivity contribution in [2.45, 2.75) is 118 Å². The van der Waals surface area contributed by atoms with Crippen molar-refractivity contribution in [2.24, 2.45) is 52.3 Å². The van der Waals surface area contributed by atoms with Crippen LogP contribution in [-0.2, 0) is 4.79 Å². The molecule has 9 atom stereocenters. The van der Waals surface area contributed by atoms with E-state index < -0.39 is 0 Å². The third kappa shape index (κ3) is 3.66. The number of hydrogen-bond donors (Lipinski definition) is 1. The topological polar surface area (TPSA) is 29.1 Å². The van der Waals surface area contributed by atoms with Crippen LogP contribution in [0.5, 0.6) is 0 Å². The van der Waals surface area contributed by atoms with Gasteiger partial charge in [-0.3, -0.25) is 4.79 Å². The minimum atomic E-state index is 0.308. The van der Waals surface area contributed by atoms with Gasteiger partial charge in [-0.2, -0.15) is 0 Å². The smallest absolute Gasteiger partial charge is 0.220 e. The molecule has 0 spiro atoms. The summed E-state index contributed by atoms with van der Waals surface area (Å²) in [6, 6.07) is 0.432. The van der Waals surface area contributed by atoms with E-state index in [1.807, 2.05) is 0 Å². The summed E-state index contributed by atoms with van der Waals surface area (Å²) in [4.78, 5) is 12.2. The summed E-state index contributed by atoms with van der Waals surface area (Å²) in [6.45, 7) is 15.0. The van der Waals surface area contributed by atoms with Crippen LogP contribution in [0.25, 0.3) is 0 Å². The first-order valence-corrected chi connectivity index (χ1v) is 13.5. The summed E-state index contributed by atoms with van der Waals surface area (Å²) in [5.74, 6) is 6.44. The van der Waals surface area contributed by atoms with E-state index >= 15 is 0 Å². The molecule has 1 heterocycles. The molecule has 2 nitrogen and oxygen atoms in total. The number of nitrogens with one attached hydrogen (secondary N) is 1. The summed E-state index contributed by atoms with van der Waals surface area (Å²) in [5.41, 5.74) is 0.902. The van der Waals surface area contributed by atoms with Crippen molar-refractivity contribution in [2.75, 3.05) is 0 Å². The number of carbonyl (C=O) groups is 1. The van der Waals surface area contributed by atoms with E-state index in [1.165, 1.54) is 57.8 Å². The van der Waals surface area contributed by atoms with Crippen molar-refractivity contribution in [1.82, 2.24) is 5.32 Å². The molecule has 1 aliphatic heterocycles. The Morgan fingerprint density at radius 2 is 1.73 bits per heavy atom. The molecule has 2 unspecified atom stereocenters. The molecule has 4 fully saturated rings. The summed E-state index contributed by atoms with van der Waals surface area (Å²) in [5, 5.41) is 3.45. The van der Waals surface area contributed by atoms with Crippen LogP contribution in [0.15, 0.2) is 0 Å². The standard InChI is InChI=1S/C28H49NO/c1-7-20-17-24-28(6,16-14-25(30)29-24)23-13-15-27(5)21(11-12-22(27)26(20)23)19(4)10-8-9-18(2)3/h18-24,26H,7-17H2,1-6H3,(H,29,30)/t19-,20?,21-,22+,23+,24?,26+,27-,28-/m1/s1. The quantitative estimate of drug-likeness (QED) is 0.487. The van der Waals surface area contributed by atoms with E-state index in [-0.39, 0.29) is 0 Å². The molecule has 172 valence electrons. The summed E-state index contributed by atoms with van der Waals surface area (Å²) in [7, 11) is 0.